The number of fused-ring (bicyclic) bond motifs is 1. The summed E-state index contributed by atoms with van der Waals surface area (Å²) in [5.41, 5.74) is 4.30. The van der Waals surface area contributed by atoms with Crippen LogP contribution in [0.15, 0.2) is 36.4 Å². The number of carbonyl (C=O) groups excluding carboxylic acids is 1. The molecule has 1 N–H and O–H groups in total. The predicted molar refractivity (Wildman–Crippen MR) is 104 cm³/mol. The zero-order valence-electron chi connectivity index (χ0n) is 15.7. The number of nitrogens with zero attached hydrogens (tertiary/aromatic N) is 5. The first-order chi connectivity index (χ1) is 13.0. The monoisotopic (exact) mass is 362 g/mol. The second kappa shape index (κ2) is 6.83. The molecule has 0 spiro atoms. The lowest BCUT2D eigenvalue weighted by Gasteiger charge is -2.30. The molecule has 0 unspecified atom stereocenters. The third kappa shape index (κ3) is 3.28. The van der Waals surface area contributed by atoms with Gasteiger partial charge in [0.15, 0.2) is 5.82 Å². The number of H-pyrrole nitrogens is 1. The summed E-state index contributed by atoms with van der Waals surface area (Å²) in [7, 11) is 3.98. The van der Waals surface area contributed by atoms with E-state index in [1.165, 1.54) is 0 Å². The van der Waals surface area contributed by atoms with Gasteiger partial charge in [-0.05, 0) is 19.4 Å². The van der Waals surface area contributed by atoms with Crippen molar-refractivity contribution < 1.29 is 4.79 Å². The summed E-state index contributed by atoms with van der Waals surface area (Å²) >= 11 is 0. The van der Waals surface area contributed by atoms with Crippen LogP contribution < -0.4 is 4.90 Å². The zero-order valence-corrected chi connectivity index (χ0v) is 15.7. The Morgan fingerprint density at radius 2 is 1.96 bits per heavy atom. The molecule has 7 nitrogen and oxygen atoms in total. The van der Waals surface area contributed by atoms with Gasteiger partial charge in [0.25, 0.3) is 5.91 Å². The largest absolute Gasteiger partial charge is 0.362 e. The molecular formula is C20H22N6O. The Bertz CT molecular complexity index is 979. The number of aromatic amines is 1. The fraction of sp³-hybridized carbons (Fsp3) is 0.300. The van der Waals surface area contributed by atoms with Crippen LogP contribution in [0.5, 0.6) is 0 Å². The van der Waals surface area contributed by atoms with Crippen LogP contribution in [0.1, 0.15) is 27.4 Å². The van der Waals surface area contributed by atoms with Crippen molar-refractivity contribution >= 4 is 11.7 Å². The van der Waals surface area contributed by atoms with E-state index in [-0.39, 0.29) is 5.91 Å². The molecule has 1 aliphatic heterocycles. The number of amides is 1. The molecule has 1 aliphatic rings. The third-order valence-corrected chi connectivity index (χ3v) is 4.71. The van der Waals surface area contributed by atoms with E-state index in [0.717, 1.165) is 34.8 Å². The quantitative estimate of drug-likeness (QED) is 0.774. The van der Waals surface area contributed by atoms with Gasteiger partial charge in [-0.15, -0.1) is 0 Å². The van der Waals surface area contributed by atoms with Gasteiger partial charge in [0.2, 0.25) is 0 Å². The van der Waals surface area contributed by atoms with Gasteiger partial charge in [-0.25, -0.2) is 9.97 Å². The van der Waals surface area contributed by atoms with Crippen LogP contribution in [0.25, 0.3) is 11.4 Å². The SMILES string of the molecule is Cc1cc(C(=O)N2CCc3c(nc(-c4ccccc4)nc3N(C)C)C2)n[nH]1. The number of hydrogen-bond donors (Lipinski definition) is 1. The van der Waals surface area contributed by atoms with Crippen LogP contribution in [-0.2, 0) is 13.0 Å². The van der Waals surface area contributed by atoms with Crippen LogP contribution in [0.4, 0.5) is 5.82 Å². The third-order valence-electron chi connectivity index (χ3n) is 4.71. The van der Waals surface area contributed by atoms with Crippen LogP contribution in [0, 0.1) is 6.92 Å². The van der Waals surface area contributed by atoms with E-state index in [1.54, 1.807) is 11.0 Å². The molecule has 0 atom stereocenters. The molecule has 0 bridgehead atoms. The highest BCUT2D eigenvalue weighted by atomic mass is 16.2. The van der Waals surface area contributed by atoms with Crippen molar-refractivity contribution in [3.8, 4) is 11.4 Å². The van der Waals surface area contributed by atoms with Crippen molar-refractivity contribution in [3.63, 3.8) is 0 Å². The van der Waals surface area contributed by atoms with Crippen molar-refractivity contribution in [2.75, 3.05) is 25.5 Å². The number of hydrogen-bond acceptors (Lipinski definition) is 5. The van der Waals surface area contributed by atoms with Gasteiger partial charge in [0.1, 0.15) is 11.5 Å². The number of benzene rings is 1. The average Bonchev–Trinajstić information content (AvgIpc) is 3.13. The molecule has 3 heterocycles. The topological polar surface area (TPSA) is 78.0 Å². The molecule has 0 saturated carbocycles. The van der Waals surface area contributed by atoms with Gasteiger partial charge >= 0.3 is 0 Å². The van der Waals surface area contributed by atoms with Gasteiger partial charge in [-0.3, -0.25) is 9.89 Å². The second-order valence-electron chi connectivity index (χ2n) is 6.97. The van der Waals surface area contributed by atoms with E-state index in [2.05, 4.69) is 10.2 Å². The van der Waals surface area contributed by atoms with Gasteiger partial charge in [0.05, 0.1) is 12.2 Å². The first-order valence-electron chi connectivity index (χ1n) is 8.97. The molecule has 4 rings (SSSR count). The summed E-state index contributed by atoms with van der Waals surface area (Å²) in [6, 6.07) is 11.7. The number of aromatic nitrogens is 4. The number of rotatable bonds is 3. The smallest absolute Gasteiger partial charge is 0.274 e. The normalized spacial score (nSPS) is 13.4. The second-order valence-corrected chi connectivity index (χ2v) is 6.97. The predicted octanol–water partition coefficient (Wildman–Crippen LogP) is 2.44. The Morgan fingerprint density at radius 1 is 1.19 bits per heavy atom. The van der Waals surface area contributed by atoms with Crippen LogP contribution in [0.3, 0.4) is 0 Å². The molecule has 0 saturated heterocycles. The van der Waals surface area contributed by atoms with E-state index in [9.17, 15) is 4.79 Å². The molecule has 3 aromatic rings. The maximum absolute atomic E-state index is 12.8. The molecular weight excluding hydrogens is 340 g/mol. The van der Waals surface area contributed by atoms with Crippen molar-refractivity contribution in [3.05, 3.63) is 59.0 Å². The first-order valence-corrected chi connectivity index (χ1v) is 8.97. The van der Waals surface area contributed by atoms with Crippen molar-refractivity contribution in [2.45, 2.75) is 19.9 Å². The minimum absolute atomic E-state index is 0.0729. The minimum atomic E-state index is -0.0729. The average molecular weight is 362 g/mol. The van der Waals surface area contributed by atoms with Crippen LogP contribution in [0.2, 0.25) is 0 Å². The lowest BCUT2D eigenvalue weighted by molar-refractivity contribution is 0.0726. The Kier molecular flexibility index (Phi) is 4.35. The lowest BCUT2D eigenvalue weighted by atomic mass is 10.0. The van der Waals surface area contributed by atoms with E-state index in [4.69, 9.17) is 9.97 Å². The minimum Gasteiger partial charge on any atom is -0.362 e. The summed E-state index contributed by atoms with van der Waals surface area (Å²) in [4.78, 5) is 26.2. The summed E-state index contributed by atoms with van der Waals surface area (Å²) in [6.45, 7) is 2.98. The Balaban J connectivity index is 1.71. The van der Waals surface area contributed by atoms with Crippen LogP contribution >= 0.6 is 0 Å². The van der Waals surface area contributed by atoms with Crippen LogP contribution in [-0.4, -0.2) is 51.6 Å². The van der Waals surface area contributed by atoms with E-state index in [0.29, 0.717) is 24.6 Å². The zero-order chi connectivity index (χ0) is 19.0. The summed E-state index contributed by atoms with van der Waals surface area (Å²) in [6.07, 6.45) is 0.729. The molecule has 0 aliphatic carbocycles. The fourth-order valence-corrected chi connectivity index (χ4v) is 3.36. The van der Waals surface area contributed by atoms with Gasteiger partial charge < -0.3 is 9.80 Å². The molecule has 7 heteroatoms. The summed E-state index contributed by atoms with van der Waals surface area (Å²) < 4.78 is 0. The molecule has 2 aromatic heterocycles. The lowest BCUT2D eigenvalue weighted by Crippen LogP contribution is -2.37. The highest BCUT2D eigenvalue weighted by molar-refractivity contribution is 5.92. The Hall–Kier alpha value is -3.22. The summed E-state index contributed by atoms with van der Waals surface area (Å²) in [5, 5.41) is 6.93. The van der Waals surface area contributed by atoms with Crippen molar-refractivity contribution in [2.24, 2.45) is 0 Å². The molecule has 1 amide bonds. The molecule has 0 fully saturated rings. The van der Waals surface area contributed by atoms with Gasteiger partial charge in [-0.1, -0.05) is 30.3 Å². The first kappa shape index (κ1) is 17.2. The fourth-order valence-electron chi connectivity index (χ4n) is 3.36. The van der Waals surface area contributed by atoms with Crippen molar-refractivity contribution in [1.29, 1.82) is 0 Å². The van der Waals surface area contributed by atoms with E-state index in [1.807, 2.05) is 56.3 Å². The van der Waals surface area contributed by atoms with Crippen molar-refractivity contribution in [1.82, 2.24) is 25.1 Å². The maximum Gasteiger partial charge on any atom is 0.274 e. The molecule has 1 aromatic carbocycles. The Labute approximate surface area is 158 Å². The Morgan fingerprint density at radius 3 is 2.63 bits per heavy atom. The molecule has 138 valence electrons. The number of anilines is 1. The van der Waals surface area contributed by atoms with E-state index >= 15 is 0 Å². The molecule has 0 radical (unpaired) electrons. The number of carbonyl (C=O) groups is 1. The highest BCUT2D eigenvalue weighted by Gasteiger charge is 2.27. The summed E-state index contributed by atoms with van der Waals surface area (Å²) in [5.74, 6) is 1.53. The molecule has 27 heavy (non-hydrogen) atoms. The van der Waals surface area contributed by atoms with Gasteiger partial charge in [-0.2, -0.15) is 5.10 Å². The number of aryl methyl sites for hydroxylation is 1. The van der Waals surface area contributed by atoms with Gasteiger partial charge in [0, 0.05) is 37.5 Å². The number of nitrogens with one attached hydrogen (secondary N) is 1. The standard InChI is InChI=1S/C20H22N6O/c1-13-11-16(24-23-13)20(27)26-10-9-15-17(12-26)21-18(22-19(15)25(2)3)14-7-5-4-6-8-14/h4-8,11H,9-10,12H2,1-3H3,(H,23,24). The highest BCUT2D eigenvalue weighted by Crippen LogP contribution is 2.29. The maximum atomic E-state index is 12.8. The van der Waals surface area contributed by atoms with E-state index < -0.39 is 0 Å².